The third-order valence-electron chi connectivity index (χ3n) is 8.36. The van der Waals surface area contributed by atoms with E-state index in [1.54, 1.807) is 0 Å². The molecular formula is C33H29N2O3+. The Morgan fingerprint density at radius 3 is 2.37 bits per heavy atom. The SMILES string of the molecule is Cc1ccc2c(oc3c(-c4ccc(C5CCC6(C5)OCCO6)cc4)c(C#N)ccc32)c1-c1cccc[n+]1C. The number of furan rings is 1. The Labute approximate surface area is 221 Å². The van der Waals surface area contributed by atoms with Crippen LogP contribution in [-0.2, 0) is 16.5 Å². The minimum Gasteiger partial charge on any atom is -0.454 e. The van der Waals surface area contributed by atoms with Crippen molar-refractivity contribution in [3.8, 4) is 28.5 Å². The summed E-state index contributed by atoms with van der Waals surface area (Å²) in [6.07, 6.45) is 4.94. The van der Waals surface area contributed by atoms with E-state index in [9.17, 15) is 5.26 Å². The third-order valence-corrected chi connectivity index (χ3v) is 8.36. The molecule has 0 amide bonds. The summed E-state index contributed by atoms with van der Waals surface area (Å²) >= 11 is 0. The molecule has 188 valence electrons. The van der Waals surface area contributed by atoms with Crippen molar-refractivity contribution < 1.29 is 18.5 Å². The van der Waals surface area contributed by atoms with Gasteiger partial charge in [0.15, 0.2) is 12.0 Å². The third kappa shape index (κ3) is 3.56. The number of rotatable bonds is 3. The van der Waals surface area contributed by atoms with Gasteiger partial charge in [0.05, 0.1) is 30.4 Å². The van der Waals surface area contributed by atoms with E-state index in [4.69, 9.17) is 13.9 Å². The van der Waals surface area contributed by atoms with Crippen molar-refractivity contribution >= 4 is 21.9 Å². The van der Waals surface area contributed by atoms with Crippen LogP contribution in [0, 0.1) is 18.3 Å². The minimum absolute atomic E-state index is 0.386. The van der Waals surface area contributed by atoms with Crippen LogP contribution in [0.25, 0.3) is 44.3 Å². The molecule has 3 aromatic carbocycles. The van der Waals surface area contributed by atoms with E-state index in [1.165, 1.54) is 5.56 Å². The van der Waals surface area contributed by atoms with Gasteiger partial charge in [-0.15, -0.1) is 0 Å². The lowest BCUT2D eigenvalue weighted by Crippen LogP contribution is -2.30. The summed E-state index contributed by atoms with van der Waals surface area (Å²) in [5.74, 6) is 0.0271. The number of fused-ring (bicyclic) bond motifs is 3. The smallest absolute Gasteiger partial charge is 0.216 e. The molecular weight excluding hydrogens is 472 g/mol. The Kier molecular flexibility index (Phi) is 5.36. The van der Waals surface area contributed by atoms with Crippen molar-refractivity contribution in [2.75, 3.05) is 13.2 Å². The Morgan fingerprint density at radius 2 is 1.63 bits per heavy atom. The molecule has 7 rings (SSSR count). The fourth-order valence-corrected chi connectivity index (χ4v) is 6.42. The van der Waals surface area contributed by atoms with E-state index in [0.29, 0.717) is 24.7 Å². The number of hydrogen-bond acceptors (Lipinski definition) is 4. The van der Waals surface area contributed by atoms with Crippen molar-refractivity contribution in [3.05, 3.63) is 89.6 Å². The summed E-state index contributed by atoms with van der Waals surface area (Å²) in [4.78, 5) is 0. The number of aromatic nitrogens is 1. The van der Waals surface area contributed by atoms with Gasteiger partial charge in [0.1, 0.15) is 18.2 Å². The lowest BCUT2D eigenvalue weighted by molar-refractivity contribution is -0.660. The summed E-state index contributed by atoms with van der Waals surface area (Å²) in [5.41, 5.74) is 8.65. The van der Waals surface area contributed by atoms with Gasteiger partial charge in [-0.25, -0.2) is 4.57 Å². The van der Waals surface area contributed by atoms with Crippen LogP contribution >= 0.6 is 0 Å². The van der Waals surface area contributed by atoms with E-state index in [-0.39, 0.29) is 5.79 Å². The minimum atomic E-state index is -0.386. The number of pyridine rings is 1. The van der Waals surface area contributed by atoms with Crippen molar-refractivity contribution in [2.45, 2.75) is 37.9 Å². The Balaban J connectivity index is 1.36. The first-order valence-electron chi connectivity index (χ1n) is 13.3. The molecule has 2 aromatic heterocycles. The molecule has 2 fully saturated rings. The zero-order valence-corrected chi connectivity index (χ0v) is 21.7. The molecule has 3 heterocycles. The van der Waals surface area contributed by atoms with Gasteiger partial charge in [0, 0.05) is 41.3 Å². The molecule has 0 bridgehead atoms. The summed E-state index contributed by atoms with van der Waals surface area (Å²) in [7, 11) is 2.05. The topological polar surface area (TPSA) is 59.3 Å². The summed E-state index contributed by atoms with van der Waals surface area (Å²) in [6, 6.07) is 25.4. The second kappa shape index (κ2) is 8.80. The van der Waals surface area contributed by atoms with E-state index >= 15 is 0 Å². The highest BCUT2D eigenvalue weighted by atomic mass is 16.7. The first-order chi connectivity index (χ1) is 18.6. The van der Waals surface area contributed by atoms with Crippen LogP contribution in [0.1, 0.15) is 41.9 Å². The Morgan fingerprint density at radius 1 is 0.895 bits per heavy atom. The van der Waals surface area contributed by atoms with Crippen LogP contribution in [0.15, 0.2) is 77.3 Å². The number of benzene rings is 3. The van der Waals surface area contributed by atoms with Crippen molar-refractivity contribution in [2.24, 2.45) is 7.05 Å². The average Bonchev–Trinajstić information content (AvgIpc) is 3.68. The number of ether oxygens (including phenoxy) is 2. The van der Waals surface area contributed by atoms with Crippen molar-refractivity contribution in [1.82, 2.24) is 0 Å². The maximum atomic E-state index is 10.0. The molecule has 2 aliphatic rings. The largest absolute Gasteiger partial charge is 0.454 e. The zero-order chi connectivity index (χ0) is 25.9. The molecule has 38 heavy (non-hydrogen) atoms. The van der Waals surface area contributed by atoms with Crippen LogP contribution in [0.5, 0.6) is 0 Å². The quantitative estimate of drug-likeness (QED) is 0.251. The number of nitriles is 1. The number of hydrogen-bond donors (Lipinski definition) is 0. The fourth-order valence-electron chi connectivity index (χ4n) is 6.42. The Bertz CT molecular complexity index is 1740. The Hall–Kier alpha value is -3.98. The second-order valence-electron chi connectivity index (χ2n) is 10.6. The predicted octanol–water partition coefficient (Wildman–Crippen LogP) is 6.94. The normalized spacial score (nSPS) is 18.5. The molecule has 5 heteroatoms. The van der Waals surface area contributed by atoms with E-state index < -0.39 is 0 Å². The standard InChI is InChI=1S/C33H29N2O3/c1-21-6-12-26-27-13-11-25(20-34)30(32(27)38-31(26)29(21)28-5-3-4-16-35(28)2)23-9-7-22(8-10-23)24-14-15-33(19-24)36-17-18-37-33/h3-13,16,24H,14-15,17-19H2,1-2H3/q+1. The van der Waals surface area contributed by atoms with Gasteiger partial charge in [-0.2, -0.15) is 5.26 Å². The predicted molar refractivity (Wildman–Crippen MR) is 146 cm³/mol. The second-order valence-corrected chi connectivity index (χ2v) is 10.6. The van der Waals surface area contributed by atoms with Gasteiger partial charge in [-0.1, -0.05) is 36.4 Å². The molecule has 1 unspecified atom stereocenters. The lowest BCUT2D eigenvalue weighted by Gasteiger charge is -2.21. The van der Waals surface area contributed by atoms with Gasteiger partial charge >= 0.3 is 0 Å². The first-order valence-corrected chi connectivity index (χ1v) is 13.3. The molecule has 0 radical (unpaired) electrons. The number of aryl methyl sites for hydroxylation is 2. The van der Waals surface area contributed by atoms with Gasteiger partial charge in [0.2, 0.25) is 5.69 Å². The van der Waals surface area contributed by atoms with Crippen LogP contribution in [-0.4, -0.2) is 19.0 Å². The van der Waals surface area contributed by atoms with E-state index in [1.807, 2.05) is 37.5 Å². The average molecular weight is 502 g/mol. The van der Waals surface area contributed by atoms with Crippen LogP contribution in [0.3, 0.4) is 0 Å². The summed E-state index contributed by atoms with van der Waals surface area (Å²) < 4.78 is 20.7. The molecule has 1 saturated heterocycles. The van der Waals surface area contributed by atoms with Crippen LogP contribution in [0.2, 0.25) is 0 Å². The van der Waals surface area contributed by atoms with Crippen molar-refractivity contribution in [3.63, 3.8) is 0 Å². The van der Waals surface area contributed by atoms with Gasteiger partial charge in [-0.3, -0.25) is 0 Å². The molecule has 1 saturated carbocycles. The highest BCUT2D eigenvalue weighted by Gasteiger charge is 2.44. The fraction of sp³-hybridized carbons (Fsp3) is 0.273. The molecule has 1 aliphatic carbocycles. The molecule has 5 nitrogen and oxygen atoms in total. The maximum Gasteiger partial charge on any atom is 0.216 e. The summed E-state index contributed by atoms with van der Waals surface area (Å²) in [5, 5.41) is 12.1. The molecule has 1 atom stereocenters. The maximum absolute atomic E-state index is 10.0. The van der Waals surface area contributed by atoms with E-state index in [0.717, 1.165) is 69.1 Å². The lowest BCUT2D eigenvalue weighted by atomic mass is 9.92. The van der Waals surface area contributed by atoms with Gasteiger partial charge < -0.3 is 13.9 Å². The molecule has 1 aliphatic heterocycles. The number of nitrogens with zero attached hydrogens (tertiary/aromatic N) is 2. The summed E-state index contributed by atoms with van der Waals surface area (Å²) in [6.45, 7) is 3.49. The van der Waals surface area contributed by atoms with Gasteiger partial charge in [0.25, 0.3) is 0 Å². The monoisotopic (exact) mass is 501 g/mol. The van der Waals surface area contributed by atoms with Crippen LogP contribution < -0.4 is 4.57 Å². The van der Waals surface area contributed by atoms with Gasteiger partial charge in [-0.05, 0) is 54.2 Å². The van der Waals surface area contributed by atoms with E-state index in [2.05, 4.69) is 60.0 Å². The molecule has 0 N–H and O–H groups in total. The molecule has 1 spiro atoms. The first kappa shape index (κ1) is 23.2. The highest BCUT2D eigenvalue weighted by molar-refractivity contribution is 6.13. The molecule has 5 aromatic rings. The van der Waals surface area contributed by atoms with Crippen molar-refractivity contribution in [1.29, 1.82) is 5.26 Å². The highest BCUT2D eigenvalue weighted by Crippen LogP contribution is 2.46. The zero-order valence-electron chi connectivity index (χ0n) is 21.7. The van der Waals surface area contributed by atoms with Crippen LogP contribution in [0.4, 0.5) is 0 Å².